The molecule has 1 atom stereocenters. The fourth-order valence-corrected chi connectivity index (χ4v) is 3.60. The van der Waals surface area contributed by atoms with Gasteiger partial charge >= 0.3 is 0 Å². The maximum atomic E-state index is 6.20. The first-order chi connectivity index (χ1) is 5.62. The Morgan fingerprint density at radius 2 is 2.00 bits per heavy atom. The van der Waals surface area contributed by atoms with E-state index in [1.165, 1.54) is 0 Å². The molecule has 1 unspecified atom stereocenters. The molecule has 0 aliphatic carbocycles. The molecule has 74 valence electrons. The number of rotatable bonds is 7. The molecule has 0 aromatic heterocycles. The predicted octanol–water partition coefficient (Wildman–Crippen LogP) is 3.74. The molecule has 0 radical (unpaired) electrons. The molecular formula is C8H18Cl2OSi. The molecule has 0 aliphatic rings. The summed E-state index contributed by atoms with van der Waals surface area (Å²) in [6.07, 6.45) is 3.17. The van der Waals surface area contributed by atoms with E-state index in [2.05, 4.69) is 13.5 Å². The van der Waals surface area contributed by atoms with Gasteiger partial charge in [-0.25, -0.2) is 0 Å². The third-order valence-electron chi connectivity index (χ3n) is 1.63. The van der Waals surface area contributed by atoms with Crippen LogP contribution in [-0.4, -0.2) is 20.1 Å². The van der Waals surface area contributed by atoms with Crippen LogP contribution in [0.1, 0.15) is 26.2 Å². The topological polar surface area (TPSA) is 9.23 Å². The molecule has 0 heterocycles. The van der Waals surface area contributed by atoms with Crippen molar-refractivity contribution in [1.82, 2.24) is 0 Å². The molecule has 0 aromatic rings. The lowest BCUT2D eigenvalue weighted by atomic mass is 10.4. The van der Waals surface area contributed by atoms with Gasteiger partial charge in [0.05, 0.1) is 0 Å². The fourth-order valence-electron chi connectivity index (χ4n) is 1.00. The molecular weight excluding hydrogens is 211 g/mol. The highest BCUT2D eigenvalue weighted by atomic mass is 35.6. The Balaban J connectivity index is 3.33. The molecule has 0 fully saturated rings. The summed E-state index contributed by atoms with van der Waals surface area (Å²) >= 11 is 11.7. The highest BCUT2D eigenvalue weighted by Gasteiger charge is 2.24. The molecule has 0 saturated heterocycles. The van der Waals surface area contributed by atoms with Crippen molar-refractivity contribution in [3.05, 3.63) is 0 Å². The van der Waals surface area contributed by atoms with E-state index in [9.17, 15) is 0 Å². The van der Waals surface area contributed by atoms with Gasteiger partial charge in [0.25, 0.3) is 7.63 Å². The maximum absolute atomic E-state index is 6.20. The van der Waals surface area contributed by atoms with Crippen LogP contribution in [0.25, 0.3) is 0 Å². The van der Waals surface area contributed by atoms with Gasteiger partial charge in [-0.15, -0.1) is 22.7 Å². The summed E-state index contributed by atoms with van der Waals surface area (Å²) in [6, 6.07) is 1.04. The molecule has 0 amide bonds. The summed E-state index contributed by atoms with van der Waals surface area (Å²) < 4.78 is 5.62. The summed E-state index contributed by atoms with van der Waals surface area (Å²) in [7, 11) is -1.82. The van der Waals surface area contributed by atoms with E-state index in [1.54, 1.807) is 0 Å². The highest BCUT2D eigenvalue weighted by Crippen LogP contribution is 2.18. The first-order valence-corrected chi connectivity index (χ1v) is 8.67. The van der Waals surface area contributed by atoms with Crippen molar-refractivity contribution in [3.8, 4) is 0 Å². The second-order valence-corrected chi connectivity index (χ2v) is 8.87. The first-order valence-electron chi connectivity index (χ1n) is 4.51. The van der Waals surface area contributed by atoms with Crippen molar-refractivity contribution in [2.45, 2.75) is 38.8 Å². The van der Waals surface area contributed by atoms with Gasteiger partial charge in [-0.3, -0.25) is 0 Å². The standard InChI is InChI=1S/C8H18Cl2OSi/c1-3-8-12(2,10)11-7-5-4-6-9/h3-8H2,1-2H3. The zero-order chi connectivity index (χ0) is 9.45. The van der Waals surface area contributed by atoms with E-state index < -0.39 is 7.63 Å². The lowest BCUT2D eigenvalue weighted by Gasteiger charge is -2.18. The van der Waals surface area contributed by atoms with Gasteiger partial charge in [0.2, 0.25) is 0 Å². The Morgan fingerprint density at radius 3 is 2.50 bits per heavy atom. The van der Waals surface area contributed by atoms with E-state index >= 15 is 0 Å². The second-order valence-electron chi connectivity index (χ2n) is 3.10. The van der Waals surface area contributed by atoms with Crippen LogP contribution in [0.15, 0.2) is 0 Å². The maximum Gasteiger partial charge on any atom is 0.286 e. The largest absolute Gasteiger partial charge is 0.403 e. The molecule has 0 aromatic carbocycles. The Morgan fingerprint density at radius 1 is 1.33 bits per heavy atom. The molecule has 0 bridgehead atoms. The number of hydrogen-bond acceptors (Lipinski definition) is 1. The average Bonchev–Trinajstić information content (AvgIpc) is 1.98. The molecule has 1 nitrogen and oxygen atoms in total. The molecule has 0 spiro atoms. The van der Waals surface area contributed by atoms with E-state index in [0.29, 0.717) is 0 Å². The first kappa shape index (κ1) is 12.8. The SMILES string of the molecule is CCC[Si](C)(Cl)OCCCCCl. The van der Waals surface area contributed by atoms with Crippen LogP contribution in [0.5, 0.6) is 0 Å². The lowest BCUT2D eigenvalue weighted by Crippen LogP contribution is -2.27. The third-order valence-corrected chi connectivity index (χ3v) is 4.99. The fraction of sp³-hybridized carbons (Fsp3) is 1.00. The summed E-state index contributed by atoms with van der Waals surface area (Å²) in [5.74, 6) is 0.720. The molecule has 0 saturated carbocycles. The number of unbranched alkanes of at least 4 members (excludes halogenated alkanes) is 1. The Kier molecular flexibility index (Phi) is 7.64. The van der Waals surface area contributed by atoms with Crippen LogP contribution in [0.3, 0.4) is 0 Å². The Bertz CT molecular complexity index is 109. The smallest absolute Gasteiger partial charge is 0.286 e. The minimum Gasteiger partial charge on any atom is -0.403 e. The zero-order valence-corrected chi connectivity index (χ0v) is 10.4. The third kappa shape index (κ3) is 7.41. The molecule has 4 heteroatoms. The normalized spacial score (nSPS) is 16.0. The van der Waals surface area contributed by atoms with Gasteiger partial charge in [0.15, 0.2) is 0 Å². The summed E-state index contributed by atoms with van der Waals surface area (Å²) in [6.45, 7) is 4.97. The lowest BCUT2D eigenvalue weighted by molar-refractivity contribution is 0.307. The summed E-state index contributed by atoms with van der Waals surface area (Å²) in [4.78, 5) is 0. The zero-order valence-electron chi connectivity index (χ0n) is 7.91. The highest BCUT2D eigenvalue weighted by molar-refractivity contribution is 7.16. The van der Waals surface area contributed by atoms with Gasteiger partial charge < -0.3 is 4.43 Å². The van der Waals surface area contributed by atoms with E-state index in [0.717, 1.165) is 37.8 Å². The van der Waals surface area contributed by atoms with Crippen LogP contribution in [-0.2, 0) is 4.43 Å². The van der Waals surface area contributed by atoms with Crippen molar-refractivity contribution in [2.75, 3.05) is 12.5 Å². The van der Waals surface area contributed by atoms with Crippen LogP contribution >= 0.6 is 22.7 Å². The molecule has 0 rings (SSSR count). The Labute approximate surface area is 86.2 Å². The van der Waals surface area contributed by atoms with Crippen molar-refractivity contribution < 1.29 is 4.43 Å². The van der Waals surface area contributed by atoms with Gasteiger partial charge in [-0.2, -0.15) is 0 Å². The number of alkyl halides is 1. The van der Waals surface area contributed by atoms with E-state index in [4.69, 9.17) is 27.1 Å². The summed E-state index contributed by atoms with van der Waals surface area (Å²) in [5, 5.41) is 0. The van der Waals surface area contributed by atoms with Crippen molar-refractivity contribution in [3.63, 3.8) is 0 Å². The Hall–Kier alpha value is 0.757. The summed E-state index contributed by atoms with van der Waals surface area (Å²) in [5.41, 5.74) is 0. The van der Waals surface area contributed by atoms with E-state index in [-0.39, 0.29) is 0 Å². The monoisotopic (exact) mass is 228 g/mol. The number of halogens is 2. The second kappa shape index (κ2) is 7.19. The number of hydrogen-bond donors (Lipinski definition) is 0. The minimum absolute atomic E-state index is 0.720. The van der Waals surface area contributed by atoms with E-state index in [1.807, 2.05) is 0 Å². The van der Waals surface area contributed by atoms with Crippen LogP contribution in [0.2, 0.25) is 12.6 Å². The van der Waals surface area contributed by atoms with Crippen LogP contribution in [0.4, 0.5) is 0 Å². The average molecular weight is 229 g/mol. The van der Waals surface area contributed by atoms with Crippen molar-refractivity contribution in [2.24, 2.45) is 0 Å². The van der Waals surface area contributed by atoms with Gasteiger partial charge in [0.1, 0.15) is 0 Å². The molecule has 0 N–H and O–H groups in total. The van der Waals surface area contributed by atoms with Crippen molar-refractivity contribution >= 4 is 30.3 Å². The molecule has 0 aliphatic heterocycles. The quantitative estimate of drug-likeness (QED) is 0.279. The predicted molar refractivity (Wildman–Crippen MR) is 58.5 cm³/mol. The van der Waals surface area contributed by atoms with Crippen LogP contribution < -0.4 is 0 Å². The van der Waals surface area contributed by atoms with Gasteiger partial charge in [-0.1, -0.05) is 13.3 Å². The molecule has 12 heavy (non-hydrogen) atoms. The van der Waals surface area contributed by atoms with Gasteiger partial charge in [0, 0.05) is 12.5 Å². The minimum atomic E-state index is -1.82. The van der Waals surface area contributed by atoms with Crippen LogP contribution in [0, 0.1) is 0 Å². The van der Waals surface area contributed by atoms with Gasteiger partial charge in [-0.05, 0) is 25.4 Å². The van der Waals surface area contributed by atoms with Crippen molar-refractivity contribution in [1.29, 1.82) is 0 Å².